The first-order valence-corrected chi connectivity index (χ1v) is 8.15. The van der Waals surface area contributed by atoms with Crippen LogP contribution in [-0.4, -0.2) is 19.3 Å². The van der Waals surface area contributed by atoms with Crippen molar-refractivity contribution in [3.05, 3.63) is 10.5 Å². The average molecular weight is 292 g/mol. The predicted molar refractivity (Wildman–Crippen MR) is 84.5 cm³/mol. The molecule has 0 aromatic carbocycles. The Balaban J connectivity index is 2.03. The summed E-state index contributed by atoms with van der Waals surface area (Å²) < 4.78 is 5.13. The third-order valence-corrected chi connectivity index (χ3v) is 4.86. The molecule has 0 aliphatic heterocycles. The molecule has 1 aliphatic carbocycles. The Bertz CT molecular complexity index is 672. The molecule has 0 atom stereocenters. The summed E-state index contributed by atoms with van der Waals surface area (Å²) in [6.07, 6.45) is 7.36. The monoisotopic (exact) mass is 292 g/mol. The van der Waals surface area contributed by atoms with E-state index < -0.39 is 0 Å². The summed E-state index contributed by atoms with van der Waals surface area (Å²) in [4.78, 5) is 3.39. The van der Waals surface area contributed by atoms with Gasteiger partial charge in [0.15, 0.2) is 10.4 Å². The zero-order chi connectivity index (χ0) is 14.3. The summed E-state index contributed by atoms with van der Waals surface area (Å²) in [5.74, 6) is 0. The number of imidazole rings is 1. The maximum Gasteiger partial charge on any atom is 0.179 e. The first-order chi connectivity index (χ1) is 9.60. The molecular weight excluding hydrogens is 268 g/mol. The third kappa shape index (κ3) is 2.22. The lowest BCUT2D eigenvalue weighted by atomic mass is 10.0. The van der Waals surface area contributed by atoms with E-state index in [1.807, 2.05) is 11.7 Å². The lowest BCUT2D eigenvalue weighted by Gasteiger charge is -2.15. The van der Waals surface area contributed by atoms with Crippen LogP contribution in [0.15, 0.2) is 0 Å². The van der Waals surface area contributed by atoms with E-state index in [4.69, 9.17) is 12.2 Å². The molecule has 2 heterocycles. The second-order valence-electron chi connectivity index (χ2n) is 6.29. The highest BCUT2D eigenvalue weighted by molar-refractivity contribution is 7.71. The van der Waals surface area contributed by atoms with Gasteiger partial charge in [-0.3, -0.25) is 4.68 Å². The first-order valence-electron chi connectivity index (χ1n) is 7.74. The van der Waals surface area contributed by atoms with E-state index in [0.29, 0.717) is 5.41 Å². The van der Waals surface area contributed by atoms with E-state index in [9.17, 15) is 0 Å². The maximum absolute atomic E-state index is 5.56. The number of rotatable bonds is 6. The van der Waals surface area contributed by atoms with Gasteiger partial charge >= 0.3 is 0 Å². The van der Waals surface area contributed by atoms with Crippen LogP contribution in [-0.2, 0) is 20.0 Å². The van der Waals surface area contributed by atoms with Crippen LogP contribution in [0.2, 0.25) is 0 Å². The number of nitrogens with one attached hydrogen (secondary N) is 1. The number of hydrogen-bond donors (Lipinski definition) is 1. The van der Waals surface area contributed by atoms with E-state index in [1.165, 1.54) is 31.3 Å². The Morgan fingerprint density at radius 2 is 2.05 bits per heavy atom. The molecule has 0 spiro atoms. The molecule has 2 aromatic rings. The minimum Gasteiger partial charge on any atom is -0.328 e. The smallest absolute Gasteiger partial charge is 0.179 e. The molecular formula is C15H24N4S. The molecule has 2 aromatic heterocycles. The van der Waals surface area contributed by atoms with Crippen LogP contribution < -0.4 is 0 Å². The van der Waals surface area contributed by atoms with E-state index in [2.05, 4.69) is 28.5 Å². The van der Waals surface area contributed by atoms with Crippen LogP contribution in [0.5, 0.6) is 0 Å². The van der Waals surface area contributed by atoms with Crippen LogP contribution in [0.3, 0.4) is 0 Å². The zero-order valence-electron chi connectivity index (χ0n) is 12.7. The minimum atomic E-state index is 0.497. The molecule has 110 valence electrons. The Kier molecular flexibility index (Phi) is 3.48. The van der Waals surface area contributed by atoms with Crippen LogP contribution >= 0.6 is 12.2 Å². The normalized spacial score (nSPS) is 16.9. The van der Waals surface area contributed by atoms with Crippen LogP contribution in [0.25, 0.3) is 11.2 Å². The molecule has 1 saturated carbocycles. The largest absolute Gasteiger partial charge is 0.328 e. The third-order valence-electron chi connectivity index (χ3n) is 4.54. The number of H-pyrrole nitrogens is 1. The Morgan fingerprint density at radius 1 is 1.30 bits per heavy atom. The summed E-state index contributed by atoms with van der Waals surface area (Å²) in [5.41, 5.74) is 3.96. The number of aromatic amines is 1. The van der Waals surface area contributed by atoms with Crippen molar-refractivity contribution in [2.45, 2.75) is 58.9 Å². The van der Waals surface area contributed by atoms with Gasteiger partial charge in [0, 0.05) is 13.6 Å². The molecule has 0 radical (unpaired) electrons. The van der Waals surface area contributed by atoms with Crippen molar-refractivity contribution in [2.75, 3.05) is 0 Å². The zero-order valence-corrected chi connectivity index (χ0v) is 13.5. The fourth-order valence-corrected chi connectivity index (χ4v) is 3.62. The fourth-order valence-electron chi connectivity index (χ4n) is 3.37. The van der Waals surface area contributed by atoms with Gasteiger partial charge in [-0.25, -0.2) is 0 Å². The molecule has 1 N–H and O–H groups in total. The van der Waals surface area contributed by atoms with Gasteiger partial charge < -0.3 is 9.55 Å². The Morgan fingerprint density at radius 3 is 2.65 bits per heavy atom. The number of fused-ring (bicyclic) bond motifs is 1. The summed E-state index contributed by atoms with van der Waals surface area (Å²) >= 11 is 5.56. The van der Waals surface area contributed by atoms with E-state index in [1.54, 1.807) is 0 Å². The molecule has 5 heteroatoms. The van der Waals surface area contributed by atoms with Crippen LogP contribution in [0, 0.1) is 10.2 Å². The number of aromatic nitrogens is 4. The van der Waals surface area contributed by atoms with Gasteiger partial charge in [-0.05, 0) is 43.3 Å². The second kappa shape index (κ2) is 5.02. The average Bonchev–Trinajstić information content (AvgIpc) is 2.99. The van der Waals surface area contributed by atoms with E-state index >= 15 is 0 Å². The summed E-state index contributed by atoms with van der Waals surface area (Å²) in [6, 6.07) is 0. The molecule has 0 amide bonds. The van der Waals surface area contributed by atoms with Crippen LogP contribution in [0.4, 0.5) is 0 Å². The highest BCUT2D eigenvalue weighted by atomic mass is 32.1. The van der Waals surface area contributed by atoms with Gasteiger partial charge in [-0.15, -0.1) is 0 Å². The van der Waals surface area contributed by atoms with Gasteiger partial charge in [-0.1, -0.05) is 26.7 Å². The molecule has 0 saturated heterocycles. The Labute approximate surface area is 125 Å². The highest BCUT2D eigenvalue weighted by Gasteiger charge is 2.42. The van der Waals surface area contributed by atoms with Crippen molar-refractivity contribution in [3.63, 3.8) is 0 Å². The first kappa shape index (κ1) is 13.9. The van der Waals surface area contributed by atoms with Crippen molar-refractivity contribution in [1.29, 1.82) is 0 Å². The van der Waals surface area contributed by atoms with Crippen molar-refractivity contribution in [2.24, 2.45) is 12.5 Å². The van der Waals surface area contributed by atoms with Gasteiger partial charge in [0.05, 0.1) is 5.69 Å². The molecule has 3 rings (SSSR count). The van der Waals surface area contributed by atoms with Gasteiger partial charge in [0.1, 0.15) is 5.52 Å². The second-order valence-corrected chi connectivity index (χ2v) is 6.67. The maximum atomic E-state index is 5.56. The number of hydrogen-bond acceptors (Lipinski definition) is 2. The number of aryl methyl sites for hydroxylation is 2. The molecule has 1 aliphatic rings. The number of nitrogens with zero attached hydrogens (tertiary/aromatic N) is 3. The predicted octanol–water partition coefficient (Wildman–Crippen LogP) is 3.97. The van der Waals surface area contributed by atoms with Crippen molar-refractivity contribution in [3.8, 4) is 0 Å². The lowest BCUT2D eigenvalue weighted by Crippen LogP contribution is -2.13. The quantitative estimate of drug-likeness (QED) is 0.818. The van der Waals surface area contributed by atoms with Crippen molar-refractivity contribution in [1.82, 2.24) is 19.3 Å². The van der Waals surface area contributed by atoms with Gasteiger partial charge in [0.2, 0.25) is 0 Å². The SMILES string of the molecule is CCCc1nn(C)c2c1[nH]c(=S)n2CC1(CCC)CC1. The summed E-state index contributed by atoms with van der Waals surface area (Å²) in [7, 11) is 2.03. The molecule has 0 unspecified atom stereocenters. The van der Waals surface area contributed by atoms with Crippen LogP contribution in [0.1, 0.15) is 51.6 Å². The summed E-state index contributed by atoms with van der Waals surface area (Å²) in [5, 5.41) is 4.66. The van der Waals surface area contributed by atoms with Gasteiger partial charge in [0.25, 0.3) is 0 Å². The topological polar surface area (TPSA) is 38.5 Å². The fraction of sp³-hybridized carbons (Fsp3) is 0.733. The minimum absolute atomic E-state index is 0.497. The van der Waals surface area contributed by atoms with Crippen molar-refractivity contribution >= 4 is 23.4 Å². The molecule has 4 nitrogen and oxygen atoms in total. The molecule has 0 bridgehead atoms. The molecule has 1 fully saturated rings. The standard InChI is InChI=1S/C15H24N4S/c1-4-6-11-12-13(18(3)17-11)19(14(20)16-12)10-15(7-5-2)8-9-15/h4-10H2,1-3H3,(H,16,20). The van der Waals surface area contributed by atoms with E-state index in [0.717, 1.165) is 35.4 Å². The van der Waals surface area contributed by atoms with Gasteiger partial charge in [-0.2, -0.15) is 5.10 Å². The molecule has 20 heavy (non-hydrogen) atoms. The Hall–Kier alpha value is -1.10. The summed E-state index contributed by atoms with van der Waals surface area (Å²) in [6.45, 7) is 5.51. The highest BCUT2D eigenvalue weighted by Crippen LogP contribution is 2.51. The lowest BCUT2D eigenvalue weighted by molar-refractivity contribution is 0.388. The van der Waals surface area contributed by atoms with Crippen molar-refractivity contribution < 1.29 is 0 Å². The van der Waals surface area contributed by atoms with E-state index in [-0.39, 0.29) is 0 Å².